The molecule has 1 aliphatic heterocycles. The number of ether oxygens (including phenoxy) is 1. The number of hydrogen-bond acceptors (Lipinski definition) is 5. The van der Waals surface area contributed by atoms with Crippen LogP contribution in [0.4, 0.5) is 0 Å². The maximum atomic E-state index is 12.8. The fourth-order valence-electron chi connectivity index (χ4n) is 2.85. The van der Waals surface area contributed by atoms with Gasteiger partial charge in [-0.3, -0.25) is 4.79 Å². The molecule has 0 bridgehead atoms. The molecule has 0 saturated carbocycles. The van der Waals surface area contributed by atoms with E-state index in [1.165, 1.54) is 12.1 Å². The number of sulfonamides is 1. The molecule has 2 aromatic rings. The Hall–Kier alpha value is -2.67. The molecule has 1 heterocycles. The van der Waals surface area contributed by atoms with Gasteiger partial charge in [0, 0.05) is 6.42 Å². The van der Waals surface area contributed by atoms with Crippen LogP contribution in [0.3, 0.4) is 0 Å². The SMILES string of the molecule is CCOC(=O)[C@H](Cc1ccccc1)N1C(=O)c2ccccc2S1(=O)=O. The minimum Gasteiger partial charge on any atom is -0.464 e. The molecule has 1 aliphatic rings. The highest BCUT2D eigenvalue weighted by Crippen LogP contribution is 2.33. The van der Waals surface area contributed by atoms with Crippen LogP contribution in [-0.2, 0) is 26.0 Å². The highest BCUT2D eigenvalue weighted by atomic mass is 32.2. The van der Waals surface area contributed by atoms with Gasteiger partial charge in [0.25, 0.3) is 15.9 Å². The highest BCUT2D eigenvalue weighted by Gasteiger charge is 2.47. The predicted octanol–water partition coefficient (Wildman–Crippen LogP) is 2.01. The van der Waals surface area contributed by atoms with Crippen LogP contribution in [0.5, 0.6) is 0 Å². The summed E-state index contributed by atoms with van der Waals surface area (Å²) in [5, 5.41) is 0. The van der Waals surface area contributed by atoms with Gasteiger partial charge in [-0.2, -0.15) is 0 Å². The number of nitrogens with zero attached hydrogens (tertiary/aromatic N) is 1. The molecule has 0 aromatic heterocycles. The molecule has 0 spiro atoms. The second-order valence-corrected chi connectivity index (χ2v) is 7.34. The third-order valence-electron chi connectivity index (χ3n) is 3.97. The van der Waals surface area contributed by atoms with E-state index in [1.807, 2.05) is 6.07 Å². The molecule has 1 amide bonds. The molecule has 0 saturated heterocycles. The van der Waals surface area contributed by atoms with Crippen LogP contribution >= 0.6 is 0 Å². The van der Waals surface area contributed by atoms with Crippen LogP contribution in [-0.4, -0.2) is 37.2 Å². The summed E-state index contributed by atoms with van der Waals surface area (Å²) in [6, 6.07) is 13.6. The Morgan fingerprint density at radius 2 is 1.72 bits per heavy atom. The fraction of sp³-hybridized carbons (Fsp3) is 0.222. The van der Waals surface area contributed by atoms with Crippen LogP contribution in [0.2, 0.25) is 0 Å². The van der Waals surface area contributed by atoms with Gasteiger partial charge in [0.05, 0.1) is 12.2 Å². The third kappa shape index (κ3) is 3.02. The molecule has 2 aromatic carbocycles. The van der Waals surface area contributed by atoms with Gasteiger partial charge in [0.1, 0.15) is 10.9 Å². The average Bonchev–Trinajstić information content (AvgIpc) is 2.81. The van der Waals surface area contributed by atoms with E-state index in [4.69, 9.17) is 4.74 Å². The second-order valence-electron chi connectivity index (χ2n) is 5.56. The van der Waals surface area contributed by atoms with Crippen molar-refractivity contribution in [2.45, 2.75) is 24.3 Å². The van der Waals surface area contributed by atoms with Crippen molar-refractivity contribution in [1.29, 1.82) is 0 Å². The Kier molecular flexibility index (Phi) is 4.59. The lowest BCUT2D eigenvalue weighted by molar-refractivity contribution is -0.147. The number of esters is 1. The van der Waals surface area contributed by atoms with E-state index in [9.17, 15) is 18.0 Å². The molecule has 3 rings (SSSR count). The summed E-state index contributed by atoms with van der Waals surface area (Å²) in [5.74, 6) is -1.44. The molecule has 7 heteroatoms. The van der Waals surface area contributed by atoms with Crippen LogP contribution in [0.25, 0.3) is 0 Å². The smallest absolute Gasteiger partial charge is 0.330 e. The van der Waals surface area contributed by atoms with Crippen molar-refractivity contribution in [2.24, 2.45) is 0 Å². The van der Waals surface area contributed by atoms with E-state index in [0.29, 0.717) is 4.31 Å². The number of amides is 1. The number of hydrogen-bond donors (Lipinski definition) is 0. The van der Waals surface area contributed by atoms with Crippen molar-refractivity contribution in [1.82, 2.24) is 4.31 Å². The van der Waals surface area contributed by atoms with Crippen LogP contribution in [0, 0.1) is 0 Å². The number of carbonyl (C=O) groups is 2. The van der Waals surface area contributed by atoms with E-state index >= 15 is 0 Å². The molecular formula is C18H17NO5S. The normalized spacial score (nSPS) is 16.4. The molecule has 25 heavy (non-hydrogen) atoms. The molecule has 0 N–H and O–H groups in total. The second kappa shape index (κ2) is 6.68. The summed E-state index contributed by atoms with van der Waals surface area (Å²) >= 11 is 0. The number of carbonyl (C=O) groups excluding carboxylic acids is 2. The van der Waals surface area contributed by atoms with E-state index < -0.39 is 27.9 Å². The first-order chi connectivity index (χ1) is 12.0. The number of rotatable bonds is 5. The predicted molar refractivity (Wildman–Crippen MR) is 90.4 cm³/mol. The molecular weight excluding hydrogens is 342 g/mol. The molecule has 0 unspecified atom stereocenters. The first-order valence-electron chi connectivity index (χ1n) is 7.85. The summed E-state index contributed by atoms with van der Waals surface area (Å²) < 4.78 is 31.4. The molecule has 130 valence electrons. The van der Waals surface area contributed by atoms with Gasteiger partial charge in [0.2, 0.25) is 0 Å². The largest absolute Gasteiger partial charge is 0.464 e. The lowest BCUT2D eigenvalue weighted by Crippen LogP contribution is -2.47. The Balaban J connectivity index is 2.05. The van der Waals surface area contributed by atoms with Crippen molar-refractivity contribution in [3.63, 3.8) is 0 Å². The minimum atomic E-state index is -4.10. The molecule has 0 aliphatic carbocycles. The van der Waals surface area contributed by atoms with Crippen molar-refractivity contribution >= 4 is 21.9 Å². The first kappa shape index (κ1) is 17.2. The number of benzene rings is 2. The van der Waals surface area contributed by atoms with E-state index in [0.717, 1.165) is 5.56 Å². The fourth-order valence-corrected chi connectivity index (χ4v) is 4.56. The van der Waals surface area contributed by atoms with Gasteiger partial charge in [-0.25, -0.2) is 17.5 Å². The molecule has 6 nitrogen and oxygen atoms in total. The summed E-state index contributed by atoms with van der Waals surface area (Å²) in [7, 11) is -4.10. The van der Waals surface area contributed by atoms with E-state index in [-0.39, 0.29) is 23.5 Å². The van der Waals surface area contributed by atoms with Crippen molar-refractivity contribution in [2.75, 3.05) is 6.61 Å². The van der Waals surface area contributed by atoms with Crippen LogP contribution in [0.1, 0.15) is 22.8 Å². The van der Waals surface area contributed by atoms with Crippen molar-refractivity contribution in [3.8, 4) is 0 Å². The van der Waals surface area contributed by atoms with E-state index in [1.54, 1.807) is 43.3 Å². The Bertz CT molecular complexity index is 908. The van der Waals surface area contributed by atoms with Crippen molar-refractivity contribution in [3.05, 3.63) is 65.7 Å². The number of fused-ring (bicyclic) bond motifs is 1. The van der Waals surface area contributed by atoms with Crippen LogP contribution in [0.15, 0.2) is 59.5 Å². The molecule has 0 radical (unpaired) electrons. The maximum Gasteiger partial charge on any atom is 0.330 e. The van der Waals surface area contributed by atoms with Gasteiger partial charge in [0.15, 0.2) is 0 Å². The van der Waals surface area contributed by atoms with Crippen molar-refractivity contribution < 1.29 is 22.7 Å². The first-order valence-corrected chi connectivity index (χ1v) is 9.29. The summed E-state index contributed by atoms with van der Waals surface area (Å²) in [6.07, 6.45) is 0.0542. The third-order valence-corrected chi connectivity index (χ3v) is 5.82. The zero-order valence-electron chi connectivity index (χ0n) is 13.6. The maximum absolute atomic E-state index is 12.8. The Labute approximate surface area is 146 Å². The van der Waals surface area contributed by atoms with Gasteiger partial charge < -0.3 is 4.74 Å². The Morgan fingerprint density at radius 3 is 2.36 bits per heavy atom. The quantitative estimate of drug-likeness (QED) is 0.763. The monoisotopic (exact) mass is 359 g/mol. The summed E-state index contributed by atoms with van der Waals surface area (Å²) in [5.41, 5.74) is 0.810. The zero-order chi connectivity index (χ0) is 18.0. The van der Waals surface area contributed by atoms with Gasteiger partial charge in [-0.15, -0.1) is 0 Å². The van der Waals surface area contributed by atoms with Crippen LogP contribution < -0.4 is 0 Å². The average molecular weight is 359 g/mol. The minimum absolute atomic E-state index is 0.0542. The van der Waals surface area contributed by atoms with Gasteiger partial charge >= 0.3 is 5.97 Å². The lowest BCUT2D eigenvalue weighted by Gasteiger charge is -2.25. The van der Waals surface area contributed by atoms with E-state index in [2.05, 4.69) is 0 Å². The molecule has 0 fully saturated rings. The lowest BCUT2D eigenvalue weighted by atomic mass is 10.1. The topological polar surface area (TPSA) is 80.8 Å². The highest BCUT2D eigenvalue weighted by molar-refractivity contribution is 7.90. The van der Waals surface area contributed by atoms with Gasteiger partial charge in [-0.1, -0.05) is 42.5 Å². The zero-order valence-corrected chi connectivity index (χ0v) is 14.4. The summed E-state index contributed by atoms with van der Waals surface area (Å²) in [4.78, 5) is 25.0. The molecule has 1 atom stereocenters. The standard InChI is InChI=1S/C18H17NO5S/c1-2-24-18(21)15(12-13-8-4-3-5-9-13)19-17(20)14-10-6-7-11-16(14)25(19,22)23/h3-11,15H,2,12H2,1H3/t15-/m0/s1. The summed E-state index contributed by atoms with van der Waals surface area (Å²) in [6.45, 7) is 1.73. The van der Waals surface area contributed by atoms with Gasteiger partial charge in [-0.05, 0) is 24.6 Å². The Morgan fingerprint density at radius 1 is 1.08 bits per heavy atom.